The summed E-state index contributed by atoms with van der Waals surface area (Å²) in [4.78, 5) is 23.2. The van der Waals surface area contributed by atoms with Gasteiger partial charge in [0.2, 0.25) is 5.91 Å². The van der Waals surface area contributed by atoms with E-state index in [1.54, 1.807) is 14.1 Å². The van der Waals surface area contributed by atoms with Crippen LogP contribution in [0.2, 0.25) is 0 Å². The number of hydrogen-bond acceptors (Lipinski definition) is 2. The zero-order valence-corrected chi connectivity index (χ0v) is 7.89. The molecule has 0 radical (unpaired) electrons. The van der Waals surface area contributed by atoms with Gasteiger partial charge >= 0.3 is 0 Å². The molecule has 0 aromatic rings. The molecule has 0 aliphatic carbocycles. The number of nitrogens with zero attached hydrogens (tertiary/aromatic N) is 1. The van der Waals surface area contributed by atoms with Crippen LogP contribution in [0.4, 0.5) is 0 Å². The van der Waals surface area contributed by atoms with Gasteiger partial charge in [0.05, 0.1) is 0 Å². The highest BCUT2D eigenvalue weighted by molar-refractivity contribution is 5.93. The SMILES string of the molecule is C=C(CCC(C)=O)C(=O)N(C)C. The minimum Gasteiger partial charge on any atom is -0.345 e. The molecule has 0 saturated carbocycles. The van der Waals surface area contributed by atoms with Crippen molar-refractivity contribution in [1.82, 2.24) is 4.90 Å². The van der Waals surface area contributed by atoms with Gasteiger partial charge in [0.15, 0.2) is 0 Å². The number of ketones is 1. The Balaban J connectivity index is 3.89. The van der Waals surface area contributed by atoms with Gasteiger partial charge in [-0.1, -0.05) is 6.58 Å². The lowest BCUT2D eigenvalue weighted by atomic mass is 10.1. The van der Waals surface area contributed by atoms with Crippen molar-refractivity contribution in [3.05, 3.63) is 12.2 Å². The van der Waals surface area contributed by atoms with Gasteiger partial charge in [0, 0.05) is 26.1 Å². The Morgan fingerprint density at radius 1 is 1.25 bits per heavy atom. The van der Waals surface area contributed by atoms with Gasteiger partial charge < -0.3 is 9.69 Å². The highest BCUT2D eigenvalue weighted by Gasteiger charge is 2.08. The van der Waals surface area contributed by atoms with Gasteiger partial charge in [0.25, 0.3) is 0 Å². The fraction of sp³-hybridized carbons (Fsp3) is 0.556. The van der Waals surface area contributed by atoms with E-state index in [4.69, 9.17) is 0 Å². The molecule has 0 aromatic carbocycles. The monoisotopic (exact) mass is 169 g/mol. The number of carbonyl (C=O) groups is 2. The van der Waals surface area contributed by atoms with E-state index in [0.717, 1.165) is 0 Å². The fourth-order valence-electron chi connectivity index (χ4n) is 0.750. The van der Waals surface area contributed by atoms with E-state index in [9.17, 15) is 9.59 Å². The average molecular weight is 169 g/mol. The molecule has 0 aliphatic rings. The minimum atomic E-state index is -0.101. The molecule has 68 valence electrons. The largest absolute Gasteiger partial charge is 0.345 e. The highest BCUT2D eigenvalue weighted by Crippen LogP contribution is 2.05. The molecular weight excluding hydrogens is 154 g/mol. The first-order valence-corrected chi connectivity index (χ1v) is 3.84. The standard InChI is InChI=1S/C9H15NO2/c1-7(5-6-8(2)11)9(12)10(3)4/h1,5-6H2,2-4H3. The molecule has 3 nitrogen and oxygen atoms in total. The van der Waals surface area contributed by atoms with E-state index < -0.39 is 0 Å². The maximum atomic E-state index is 11.2. The summed E-state index contributed by atoms with van der Waals surface area (Å²) < 4.78 is 0. The second-order valence-corrected chi connectivity index (χ2v) is 3.01. The van der Waals surface area contributed by atoms with Gasteiger partial charge in [-0.25, -0.2) is 0 Å². The number of likely N-dealkylation sites (N-methyl/N-ethyl adjacent to an activating group) is 1. The summed E-state index contributed by atoms with van der Waals surface area (Å²) >= 11 is 0. The van der Waals surface area contributed by atoms with E-state index in [1.165, 1.54) is 11.8 Å². The topological polar surface area (TPSA) is 37.4 Å². The van der Waals surface area contributed by atoms with Crippen LogP contribution < -0.4 is 0 Å². The molecule has 12 heavy (non-hydrogen) atoms. The second-order valence-electron chi connectivity index (χ2n) is 3.01. The van der Waals surface area contributed by atoms with Crippen molar-refractivity contribution >= 4 is 11.7 Å². The molecule has 0 aliphatic heterocycles. The van der Waals surface area contributed by atoms with Crippen molar-refractivity contribution in [2.45, 2.75) is 19.8 Å². The first kappa shape index (κ1) is 10.9. The summed E-state index contributed by atoms with van der Waals surface area (Å²) in [6.07, 6.45) is 0.866. The van der Waals surface area contributed by atoms with E-state index in [1.807, 2.05) is 0 Å². The lowest BCUT2D eigenvalue weighted by Crippen LogP contribution is -2.23. The molecule has 0 bridgehead atoms. The second kappa shape index (κ2) is 4.70. The summed E-state index contributed by atoms with van der Waals surface area (Å²) in [6, 6.07) is 0. The average Bonchev–Trinajstić information content (AvgIpc) is 1.98. The molecule has 3 heteroatoms. The number of rotatable bonds is 4. The molecule has 0 spiro atoms. The fourth-order valence-corrected chi connectivity index (χ4v) is 0.750. The van der Waals surface area contributed by atoms with Crippen LogP contribution in [0.5, 0.6) is 0 Å². The zero-order chi connectivity index (χ0) is 9.72. The third kappa shape index (κ3) is 3.91. The van der Waals surface area contributed by atoms with Crippen LogP contribution in [0, 0.1) is 0 Å². The van der Waals surface area contributed by atoms with Gasteiger partial charge in [-0.05, 0) is 13.3 Å². The predicted molar refractivity (Wildman–Crippen MR) is 47.7 cm³/mol. The Morgan fingerprint density at radius 2 is 1.75 bits per heavy atom. The number of Topliss-reactive ketones (excluding diaryl/α,β-unsaturated/α-hetero) is 1. The Kier molecular flexibility index (Phi) is 4.26. The first-order valence-electron chi connectivity index (χ1n) is 3.84. The third-order valence-corrected chi connectivity index (χ3v) is 1.49. The van der Waals surface area contributed by atoms with E-state index in [-0.39, 0.29) is 11.7 Å². The lowest BCUT2D eigenvalue weighted by Gasteiger charge is -2.11. The normalized spacial score (nSPS) is 9.25. The van der Waals surface area contributed by atoms with Gasteiger partial charge in [-0.3, -0.25) is 4.79 Å². The molecule has 0 aromatic heterocycles. The van der Waals surface area contributed by atoms with Crippen molar-refractivity contribution in [2.24, 2.45) is 0 Å². The number of hydrogen-bond donors (Lipinski definition) is 0. The Bertz CT molecular complexity index is 207. The smallest absolute Gasteiger partial charge is 0.248 e. The van der Waals surface area contributed by atoms with Crippen molar-refractivity contribution in [3.8, 4) is 0 Å². The molecule has 0 saturated heterocycles. The van der Waals surface area contributed by atoms with Crippen LogP contribution in [-0.4, -0.2) is 30.7 Å². The van der Waals surface area contributed by atoms with Crippen molar-refractivity contribution in [3.63, 3.8) is 0 Å². The van der Waals surface area contributed by atoms with Crippen LogP contribution in [0.15, 0.2) is 12.2 Å². The summed E-state index contributed by atoms with van der Waals surface area (Å²) in [6.45, 7) is 5.11. The van der Waals surface area contributed by atoms with Gasteiger partial charge in [0.1, 0.15) is 5.78 Å². The van der Waals surface area contributed by atoms with Crippen molar-refractivity contribution in [2.75, 3.05) is 14.1 Å². The summed E-state index contributed by atoms with van der Waals surface area (Å²) in [5.74, 6) is -0.0149. The van der Waals surface area contributed by atoms with E-state index in [0.29, 0.717) is 18.4 Å². The van der Waals surface area contributed by atoms with Crippen LogP contribution in [0.3, 0.4) is 0 Å². The van der Waals surface area contributed by atoms with Crippen LogP contribution in [-0.2, 0) is 9.59 Å². The van der Waals surface area contributed by atoms with Crippen LogP contribution in [0.25, 0.3) is 0 Å². The van der Waals surface area contributed by atoms with Gasteiger partial charge in [-0.15, -0.1) is 0 Å². The predicted octanol–water partition coefficient (Wildman–Crippen LogP) is 1.00. The molecule has 0 fully saturated rings. The molecule has 0 heterocycles. The van der Waals surface area contributed by atoms with Crippen molar-refractivity contribution < 1.29 is 9.59 Å². The Hall–Kier alpha value is -1.12. The summed E-state index contributed by atoms with van der Waals surface area (Å²) in [5.41, 5.74) is 0.496. The third-order valence-electron chi connectivity index (χ3n) is 1.49. The highest BCUT2D eigenvalue weighted by atomic mass is 16.2. The zero-order valence-electron chi connectivity index (χ0n) is 7.89. The molecule has 0 rings (SSSR count). The van der Waals surface area contributed by atoms with Crippen molar-refractivity contribution in [1.29, 1.82) is 0 Å². The maximum absolute atomic E-state index is 11.2. The van der Waals surface area contributed by atoms with E-state index >= 15 is 0 Å². The molecule has 0 N–H and O–H groups in total. The van der Waals surface area contributed by atoms with Crippen LogP contribution in [0.1, 0.15) is 19.8 Å². The first-order chi connectivity index (χ1) is 5.45. The van der Waals surface area contributed by atoms with E-state index in [2.05, 4.69) is 6.58 Å². The van der Waals surface area contributed by atoms with Crippen LogP contribution >= 0.6 is 0 Å². The molecule has 0 unspecified atom stereocenters. The number of carbonyl (C=O) groups excluding carboxylic acids is 2. The van der Waals surface area contributed by atoms with Gasteiger partial charge in [-0.2, -0.15) is 0 Å². The lowest BCUT2D eigenvalue weighted by molar-refractivity contribution is -0.124. The Morgan fingerprint density at radius 3 is 2.08 bits per heavy atom. The summed E-state index contributed by atoms with van der Waals surface area (Å²) in [5, 5.41) is 0. The maximum Gasteiger partial charge on any atom is 0.248 e. The number of amides is 1. The summed E-state index contributed by atoms with van der Waals surface area (Å²) in [7, 11) is 3.34. The Labute approximate surface area is 73.1 Å². The molecule has 1 amide bonds. The molecule has 0 atom stereocenters. The minimum absolute atomic E-state index is 0.0858. The quantitative estimate of drug-likeness (QED) is 0.589. The molecular formula is C9H15NO2.